The zero-order valence-corrected chi connectivity index (χ0v) is 17.5. The molecule has 2 aromatic carbocycles. The molecule has 2 aromatic heterocycles. The summed E-state index contributed by atoms with van der Waals surface area (Å²) in [6, 6.07) is 14.5. The standard InChI is InChI=1S/C24H25N5O2/c1-2-31-20-10-8-17(11-18(20)13-30)22-21-23(25)26-14-27-24(21)29(28-22)19-9-7-15-5-3-4-6-16(15)12-19/h3-6,8,10-11,14,19,30H,2,7,9,12-13H2,1H3,(H2,25,26,27). The van der Waals surface area contributed by atoms with E-state index in [9.17, 15) is 5.11 Å². The summed E-state index contributed by atoms with van der Waals surface area (Å²) in [5.41, 5.74) is 12.1. The van der Waals surface area contributed by atoms with Crippen LogP contribution in [0.2, 0.25) is 0 Å². The maximum absolute atomic E-state index is 9.83. The van der Waals surface area contributed by atoms with Crippen molar-refractivity contribution in [3.8, 4) is 17.0 Å². The monoisotopic (exact) mass is 415 g/mol. The third-order valence-electron chi connectivity index (χ3n) is 5.99. The van der Waals surface area contributed by atoms with Crippen LogP contribution >= 0.6 is 0 Å². The Labute approximate surface area is 180 Å². The molecule has 7 nitrogen and oxygen atoms in total. The number of nitrogens with zero attached hydrogens (tertiary/aromatic N) is 4. The molecule has 0 bridgehead atoms. The van der Waals surface area contributed by atoms with Crippen molar-refractivity contribution in [2.75, 3.05) is 12.3 Å². The Hall–Kier alpha value is -3.45. The minimum atomic E-state index is -0.118. The van der Waals surface area contributed by atoms with Crippen LogP contribution in [0.4, 0.5) is 5.82 Å². The summed E-state index contributed by atoms with van der Waals surface area (Å²) in [5, 5.41) is 15.6. The molecule has 1 aliphatic rings. The fourth-order valence-electron chi connectivity index (χ4n) is 4.49. The van der Waals surface area contributed by atoms with Crippen molar-refractivity contribution in [2.24, 2.45) is 0 Å². The minimum absolute atomic E-state index is 0.118. The predicted molar refractivity (Wildman–Crippen MR) is 120 cm³/mol. The molecule has 3 N–H and O–H groups in total. The number of rotatable bonds is 5. The van der Waals surface area contributed by atoms with E-state index < -0.39 is 0 Å². The second kappa shape index (κ2) is 8.00. The molecule has 0 saturated carbocycles. The van der Waals surface area contributed by atoms with Crippen LogP contribution in [-0.4, -0.2) is 31.5 Å². The number of fused-ring (bicyclic) bond motifs is 2. The van der Waals surface area contributed by atoms with E-state index in [-0.39, 0.29) is 12.6 Å². The van der Waals surface area contributed by atoms with Gasteiger partial charge in [-0.05, 0) is 55.5 Å². The van der Waals surface area contributed by atoms with Gasteiger partial charge in [-0.3, -0.25) is 0 Å². The fraction of sp³-hybridized carbons (Fsp3) is 0.292. The van der Waals surface area contributed by atoms with Crippen LogP contribution in [-0.2, 0) is 19.4 Å². The van der Waals surface area contributed by atoms with Crippen LogP contribution in [0, 0.1) is 0 Å². The lowest BCUT2D eigenvalue weighted by molar-refractivity contribution is 0.267. The average Bonchev–Trinajstić information content (AvgIpc) is 3.20. The number of nitrogens with two attached hydrogens (primary N) is 1. The Morgan fingerprint density at radius 3 is 2.81 bits per heavy atom. The van der Waals surface area contributed by atoms with Gasteiger partial charge in [-0.15, -0.1) is 0 Å². The van der Waals surface area contributed by atoms with E-state index >= 15 is 0 Å². The molecule has 1 unspecified atom stereocenters. The maximum Gasteiger partial charge on any atom is 0.164 e. The first kappa shape index (κ1) is 19.5. The van der Waals surface area contributed by atoms with E-state index in [0.29, 0.717) is 23.7 Å². The lowest BCUT2D eigenvalue weighted by Crippen LogP contribution is -2.20. The van der Waals surface area contributed by atoms with Crippen molar-refractivity contribution in [1.29, 1.82) is 0 Å². The highest BCUT2D eigenvalue weighted by Crippen LogP contribution is 2.36. The molecule has 0 aliphatic heterocycles. The van der Waals surface area contributed by atoms with Gasteiger partial charge in [0.1, 0.15) is 23.6 Å². The number of hydrogen-bond acceptors (Lipinski definition) is 6. The molecule has 4 aromatic rings. The lowest BCUT2D eigenvalue weighted by atomic mass is 9.88. The summed E-state index contributed by atoms with van der Waals surface area (Å²) >= 11 is 0. The number of ether oxygens (including phenoxy) is 1. The summed E-state index contributed by atoms with van der Waals surface area (Å²) in [4.78, 5) is 8.76. The van der Waals surface area contributed by atoms with Gasteiger partial charge in [0, 0.05) is 11.1 Å². The highest BCUT2D eigenvalue weighted by molar-refractivity contribution is 5.98. The molecule has 0 saturated heterocycles. The Bertz CT molecular complexity index is 1250. The SMILES string of the molecule is CCOc1ccc(-c2nn(C3CCc4ccccc4C3)c3ncnc(N)c23)cc1CO. The molecule has 0 radical (unpaired) electrons. The third kappa shape index (κ3) is 3.41. The molecular formula is C24H25N5O2. The van der Waals surface area contributed by atoms with E-state index in [2.05, 4.69) is 34.2 Å². The first-order valence-electron chi connectivity index (χ1n) is 10.6. The number of aliphatic hydroxyl groups excluding tert-OH is 1. The van der Waals surface area contributed by atoms with E-state index in [0.717, 1.165) is 41.6 Å². The molecule has 1 aliphatic carbocycles. The van der Waals surface area contributed by atoms with Crippen molar-refractivity contribution in [3.63, 3.8) is 0 Å². The average molecular weight is 415 g/mol. The number of benzene rings is 2. The Morgan fingerprint density at radius 2 is 2.00 bits per heavy atom. The van der Waals surface area contributed by atoms with Gasteiger partial charge in [-0.2, -0.15) is 5.10 Å². The number of aliphatic hydroxyl groups is 1. The Balaban J connectivity index is 1.63. The molecule has 5 rings (SSSR count). The molecule has 31 heavy (non-hydrogen) atoms. The van der Waals surface area contributed by atoms with Crippen molar-refractivity contribution in [2.45, 2.75) is 38.8 Å². The van der Waals surface area contributed by atoms with E-state index in [1.165, 1.54) is 17.5 Å². The fourth-order valence-corrected chi connectivity index (χ4v) is 4.49. The molecule has 7 heteroatoms. The second-order valence-electron chi connectivity index (χ2n) is 7.83. The minimum Gasteiger partial charge on any atom is -0.494 e. The van der Waals surface area contributed by atoms with Gasteiger partial charge in [0.2, 0.25) is 0 Å². The molecule has 2 heterocycles. The topological polar surface area (TPSA) is 99.1 Å². The first-order valence-corrected chi connectivity index (χ1v) is 10.6. The highest BCUT2D eigenvalue weighted by atomic mass is 16.5. The second-order valence-corrected chi connectivity index (χ2v) is 7.83. The largest absolute Gasteiger partial charge is 0.494 e. The molecule has 0 amide bonds. The molecule has 0 fully saturated rings. The van der Waals surface area contributed by atoms with Crippen LogP contribution in [0.3, 0.4) is 0 Å². The van der Waals surface area contributed by atoms with Gasteiger partial charge >= 0.3 is 0 Å². The lowest BCUT2D eigenvalue weighted by Gasteiger charge is -2.25. The van der Waals surface area contributed by atoms with Crippen LogP contribution in [0.1, 0.15) is 36.1 Å². The summed E-state index contributed by atoms with van der Waals surface area (Å²) < 4.78 is 7.64. The van der Waals surface area contributed by atoms with Crippen LogP contribution in [0.15, 0.2) is 48.8 Å². The Morgan fingerprint density at radius 1 is 1.16 bits per heavy atom. The zero-order chi connectivity index (χ0) is 21.4. The Kier molecular flexibility index (Phi) is 5.03. The zero-order valence-electron chi connectivity index (χ0n) is 17.5. The van der Waals surface area contributed by atoms with Crippen molar-refractivity contribution in [1.82, 2.24) is 19.7 Å². The maximum atomic E-state index is 9.83. The van der Waals surface area contributed by atoms with Crippen LogP contribution < -0.4 is 10.5 Å². The van der Waals surface area contributed by atoms with Gasteiger partial charge in [-0.25, -0.2) is 14.6 Å². The molecule has 158 valence electrons. The number of nitrogen functional groups attached to an aromatic ring is 1. The van der Waals surface area contributed by atoms with Crippen molar-refractivity contribution < 1.29 is 9.84 Å². The van der Waals surface area contributed by atoms with E-state index in [4.69, 9.17) is 15.6 Å². The van der Waals surface area contributed by atoms with Gasteiger partial charge < -0.3 is 15.6 Å². The molecule has 1 atom stereocenters. The predicted octanol–water partition coefficient (Wildman–Crippen LogP) is 3.70. The summed E-state index contributed by atoms with van der Waals surface area (Å²) in [6.45, 7) is 2.34. The van der Waals surface area contributed by atoms with E-state index in [1.54, 1.807) is 0 Å². The molecule has 0 spiro atoms. The van der Waals surface area contributed by atoms with E-state index in [1.807, 2.05) is 29.8 Å². The smallest absolute Gasteiger partial charge is 0.164 e. The first-order chi connectivity index (χ1) is 15.2. The number of aryl methyl sites for hydroxylation is 1. The third-order valence-corrected chi connectivity index (χ3v) is 5.99. The summed E-state index contributed by atoms with van der Waals surface area (Å²) in [7, 11) is 0. The van der Waals surface area contributed by atoms with Crippen LogP contribution in [0.25, 0.3) is 22.3 Å². The summed E-state index contributed by atoms with van der Waals surface area (Å²) in [5.74, 6) is 1.08. The van der Waals surface area contributed by atoms with Gasteiger partial charge in [0.25, 0.3) is 0 Å². The highest BCUT2D eigenvalue weighted by Gasteiger charge is 2.26. The quantitative estimate of drug-likeness (QED) is 0.516. The van der Waals surface area contributed by atoms with Crippen molar-refractivity contribution >= 4 is 16.9 Å². The van der Waals surface area contributed by atoms with Crippen molar-refractivity contribution in [3.05, 3.63) is 65.5 Å². The van der Waals surface area contributed by atoms with Gasteiger partial charge in [0.15, 0.2) is 5.65 Å². The number of aromatic nitrogens is 4. The van der Waals surface area contributed by atoms with Gasteiger partial charge in [0.05, 0.1) is 24.6 Å². The summed E-state index contributed by atoms with van der Waals surface area (Å²) in [6.07, 6.45) is 4.40. The van der Waals surface area contributed by atoms with Crippen LogP contribution in [0.5, 0.6) is 5.75 Å². The van der Waals surface area contributed by atoms with Gasteiger partial charge in [-0.1, -0.05) is 24.3 Å². The number of hydrogen-bond donors (Lipinski definition) is 2. The normalized spacial score (nSPS) is 15.7. The molecular weight excluding hydrogens is 390 g/mol. The number of anilines is 1.